The Balaban J connectivity index is 2.00. The van der Waals surface area contributed by atoms with E-state index >= 15 is 0 Å². The summed E-state index contributed by atoms with van der Waals surface area (Å²) in [6.07, 6.45) is 1.76. The first-order valence-electron chi connectivity index (χ1n) is 6.10. The van der Waals surface area contributed by atoms with Crippen LogP contribution in [0.25, 0.3) is 0 Å². The van der Waals surface area contributed by atoms with Gasteiger partial charge in [0.25, 0.3) is 0 Å². The van der Waals surface area contributed by atoms with E-state index in [1.165, 1.54) is 12.1 Å². The molecule has 0 spiro atoms. The van der Waals surface area contributed by atoms with E-state index in [1.54, 1.807) is 12.1 Å². The van der Waals surface area contributed by atoms with Gasteiger partial charge in [-0.25, -0.2) is 8.42 Å². The highest BCUT2D eigenvalue weighted by Gasteiger charge is 2.41. The van der Waals surface area contributed by atoms with Crippen LogP contribution in [0.5, 0.6) is 0 Å². The van der Waals surface area contributed by atoms with Crippen LogP contribution in [-0.4, -0.2) is 38.0 Å². The molecule has 1 aliphatic rings. The molecule has 2 rings (SSSR count). The van der Waals surface area contributed by atoms with Crippen molar-refractivity contribution < 1.29 is 13.5 Å². The highest BCUT2D eigenvalue weighted by molar-refractivity contribution is 7.91. The molecule has 102 valence electrons. The molecule has 0 unspecified atom stereocenters. The number of nitriles is 1. The van der Waals surface area contributed by atoms with Crippen molar-refractivity contribution in [3.8, 4) is 6.07 Å². The average Bonchev–Trinajstić information content (AvgIpc) is 3.19. The number of aliphatic hydroxyl groups excluding tert-OH is 1. The van der Waals surface area contributed by atoms with Gasteiger partial charge < -0.3 is 10.4 Å². The molecule has 0 aromatic heterocycles. The Bertz CT molecular complexity index is 601. The van der Waals surface area contributed by atoms with Crippen LogP contribution < -0.4 is 5.32 Å². The van der Waals surface area contributed by atoms with Crippen molar-refractivity contribution in [2.24, 2.45) is 0 Å². The second-order valence-corrected chi connectivity index (χ2v) is 6.93. The number of nitrogens with zero attached hydrogens (tertiary/aromatic N) is 1. The molecular weight excluding hydrogens is 264 g/mol. The van der Waals surface area contributed by atoms with E-state index in [0.717, 1.165) is 12.8 Å². The monoisotopic (exact) mass is 280 g/mol. The van der Waals surface area contributed by atoms with Crippen LogP contribution in [0.4, 0.5) is 0 Å². The predicted molar refractivity (Wildman–Crippen MR) is 70.3 cm³/mol. The van der Waals surface area contributed by atoms with Crippen molar-refractivity contribution in [1.82, 2.24) is 5.32 Å². The van der Waals surface area contributed by atoms with Gasteiger partial charge in [0, 0.05) is 12.1 Å². The van der Waals surface area contributed by atoms with E-state index in [9.17, 15) is 8.42 Å². The number of benzene rings is 1. The van der Waals surface area contributed by atoms with Crippen LogP contribution in [0.3, 0.4) is 0 Å². The van der Waals surface area contributed by atoms with Gasteiger partial charge in [0.05, 0.1) is 28.9 Å². The molecule has 1 fully saturated rings. The molecule has 1 aromatic rings. The third-order valence-corrected chi connectivity index (χ3v) is 5.06. The van der Waals surface area contributed by atoms with Gasteiger partial charge in [-0.15, -0.1) is 0 Å². The quantitative estimate of drug-likeness (QED) is 0.789. The number of aliphatic hydroxyl groups is 1. The fourth-order valence-electron chi connectivity index (χ4n) is 1.87. The van der Waals surface area contributed by atoms with E-state index in [1.807, 2.05) is 6.07 Å². The lowest BCUT2D eigenvalue weighted by molar-refractivity contribution is 0.233. The topological polar surface area (TPSA) is 90.2 Å². The first-order chi connectivity index (χ1) is 9.01. The molecule has 0 atom stereocenters. The van der Waals surface area contributed by atoms with E-state index in [-0.39, 0.29) is 22.8 Å². The minimum Gasteiger partial charge on any atom is -0.394 e. The highest BCUT2D eigenvalue weighted by Crippen LogP contribution is 2.34. The first-order valence-corrected chi connectivity index (χ1v) is 7.75. The summed E-state index contributed by atoms with van der Waals surface area (Å²) in [6, 6.07) is 7.94. The fourth-order valence-corrected chi connectivity index (χ4v) is 3.07. The minimum absolute atomic E-state index is 0.0381. The summed E-state index contributed by atoms with van der Waals surface area (Å²) in [7, 11) is -3.39. The lowest BCUT2D eigenvalue weighted by Gasteiger charge is -2.14. The summed E-state index contributed by atoms with van der Waals surface area (Å²) < 4.78 is 24.2. The minimum atomic E-state index is -3.39. The van der Waals surface area contributed by atoms with Crippen molar-refractivity contribution in [2.75, 3.05) is 18.9 Å². The molecule has 5 nitrogen and oxygen atoms in total. The van der Waals surface area contributed by atoms with Crippen molar-refractivity contribution >= 4 is 9.84 Å². The molecule has 0 bridgehead atoms. The Hall–Kier alpha value is -1.42. The molecule has 1 aromatic carbocycles. The maximum absolute atomic E-state index is 12.1. The number of rotatable bonds is 6. The largest absolute Gasteiger partial charge is 0.394 e. The predicted octanol–water partition coefficient (Wildman–Crippen LogP) is 0.446. The molecule has 0 heterocycles. The third-order valence-electron chi connectivity index (χ3n) is 3.35. The molecule has 2 N–H and O–H groups in total. The van der Waals surface area contributed by atoms with E-state index in [2.05, 4.69) is 5.32 Å². The average molecular weight is 280 g/mol. The van der Waals surface area contributed by atoms with Gasteiger partial charge in [-0.3, -0.25) is 0 Å². The summed E-state index contributed by atoms with van der Waals surface area (Å²) in [5, 5.41) is 21.0. The molecule has 0 saturated heterocycles. The van der Waals surface area contributed by atoms with Crippen LogP contribution in [0.1, 0.15) is 18.4 Å². The molecule has 6 heteroatoms. The highest BCUT2D eigenvalue weighted by atomic mass is 32.2. The number of sulfone groups is 1. The summed E-state index contributed by atoms with van der Waals surface area (Å²) >= 11 is 0. The van der Waals surface area contributed by atoms with E-state index in [4.69, 9.17) is 10.4 Å². The molecule has 0 aliphatic heterocycles. The van der Waals surface area contributed by atoms with Gasteiger partial charge in [-0.1, -0.05) is 6.07 Å². The van der Waals surface area contributed by atoms with Gasteiger partial charge in [0.1, 0.15) is 0 Å². The Morgan fingerprint density at radius 3 is 2.74 bits per heavy atom. The second-order valence-electron chi connectivity index (χ2n) is 4.82. The number of nitrogens with one attached hydrogen (secondary N) is 1. The van der Waals surface area contributed by atoms with Crippen LogP contribution >= 0.6 is 0 Å². The Labute approximate surface area is 112 Å². The van der Waals surface area contributed by atoms with Crippen LogP contribution in [-0.2, 0) is 9.84 Å². The molecule has 1 aliphatic carbocycles. The normalized spacial score (nSPS) is 16.8. The van der Waals surface area contributed by atoms with Crippen molar-refractivity contribution in [1.29, 1.82) is 5.26 Å². The molecule has 0 amide bonds. The summed E-state index contributed by atoms with van der Waals surface area (Å²) in [5.41, 5.74) is 0.0763. The van der Waals surface area contributed by atoms with Crippen molar-refractivity contribution in [3.05, 3.63) is 29.8 Å². The first kappa shape index (κ1) is 14.0. The van der Waals surface area contributed by atoms with Gasteiger partial charge in [-0.05, 0) is 31.0 Å². The van der Waals surface area contributed by atoms with Crippen LogP contribution in [0.2, 0.25) is 0 Å². The van der Waals surface area contributed by atoms with Crippen LogP contribution in [0.15, 0.2) is 29.2 Å². The number of hydrogen-bond donors (Lipinski definition) is 2. The van der Waals surface area contributed by atoms with Crippen molar-refractivity contribution in [2.45, 2.75) is 23.3 Å². The Morgan fingerprint density at radius 2 is 2.16 bits per heavy atom. The van der Waals surface area contributed by atoms with E-state index < -0.39 is 9.84 Å². The van der Waals surface area contributed by atoms with E-state index in [0.29, 0.717) is 12.1 Å². The van der Waals surface area contributed by atoms with Gasteiger partial charge in [0.15, 0.2) is 9.84 Å². The molecular formula is C13H16N2O3S. The molecule has 0 radical (unpaired) electrons. The summed E-state index contributed by atoms with van der Waals surface area (Å²) in [4.78, 5) is 0.169. The van der Waals surface area contributed by atoms with Crippen molar-refractivity contribution in [3.63, 3.8) is 0 Å². The third kappa shape index (κ3) is 3.32. The molecule has 1 saturated carbocycles. The smallest absolute Gasteiger partial charge is 0.179 e. The van der Waals surface area contributed by atoms with Gasteiger partial charge >= 0.3 is 0 Å². The molecule has 19 heavy (non-hydrogen) atoms. The standard InChI is InChI=1S/C13H16N2O3S/c14-9-11-2-1-3-12(8-11)19(17,18)7-6-15-13(10-16)4-5-13/h1-3,8,15-16H,4-7,10H2. The SMILES string of the molecule is N#Cc1cccc(S(=O)(=O)CCNC2(CO)CC2)c1. The summed E-state index contributed by atoms with van der Waals surface area (Å²) in [6.45, 7) is 0.344. The lowest BCUT2D eigenvalue weighted by atomic mass is 10.2. The summed E-state index contributed by atoms with van der Waals surface area (Å²) in [5.74, 6) is -0.0381. The maximum atomic E-state index is 12.1. The Morgan fingerprint density at radius 1 is 1.42 bits per heavy atom. The lowest BCUT2D eigenvalue weighted by Crippen LogP contribution is -2.37. The maximum Gasteiger partial charge on any atom is 0.179 e. The second kappa shape index (κ2) is 5.29. The van der Waals surface area contributed by atoms with Gasteiger partial charge in [0.2, 0.25) is 0 Å². The zero-order valence-corrected chi connectivity index (χ0v) is 11.3. The van der Waals surface area contributed by atoms with Gasteiger partial charge in [-0.2, -0.15) is 5.26 Å². The zero-order valence-electron chi connectivity index (χ0n) is 10.5. The Kier molecular flexibility index (Phi) is 3.90. The number of hydrogen-bond acceptors (Lipinski definition) is 5. The fraction of sp³-hybridized carbons (Fsp3) is 0.462. The zero-order chi connectivity index (χ0) is 13.9. The van der Waals surface area contributed by atoms with Crippen LogP contribution in [0, 0.1) is 11.3 Å².